The van der Waals surface area contributed by atoms with E-state index in [9.17, 15) is 9.18 Å². The smallest absolute Gasteiger partial charge is 0.242 e. The fourth-order valence-electron chi connectivity index (χ4n) is 1.98. The molecule has 18 heavy (non-hydrogen) atoms. The van der Waals surface area contributed by atoms with E-state index in [-0.39, 0.29) is 11.7 Å². The van der Waals surface area contributed by atoms with Crippen LogP contribution < -0.4 is 5.32 Å². The van der Waals surface area contributed by atoms with Crippen LogP contribution in [0.25, 0.3) is 0 Å². The van der Waals surface area contributed by atoms with E-state index in [2.05, 4.69) is 5.32 Å². The highest BCUT2D eigenvalue weighted by Gasteiger charge is 2.29. The molecule has 0 saturated heterocycles. The molecule has 0 heterocycles. The molecule has 1 aromatic carbocycles. The number of amides is 1. The Morgan fingerprint density at radius 2 is 2.11 bits per heavy atom. The number of rotatable bonds is 5. The lowest BCUT2D eigenvalue weighted by molar-refractivity contribution is -0.136. The Hall–Kier alpha value is -1.42. The van der Waals surface area contributed by atoms with Gasteiger partial charge in [0.2, 0.25) is 5.91 Å². The number of nitrogens with one attached hydrogen (secondary N) is 1. The first-order valence-corrected chi connectivity index (χ1v) is 6.12. The molecule has 1 N–H and O–H groups in total. The number of hydrogen-bond donors (Lipinski definition) is 1. The largest absolute Gasteiger partial charge is 0.340 e. The Kier molecular flexibility index (Phi) is 4.84. The summed E-state index contributed by atoms with van der Waals surface area (Å²) in [5.74, 6) is -0.284. The highest BCUT2D eigenvalue weighted by molar-refractivity contribution is 5.85. The van der Waals surface area contributed by atoms with Crippen molar-refractivity contribution in [3.63, 3.8) is 0 Å². The summed E-state index contributed by atoms with van der Waals surface area (Å²) in [7, 11) is 1.73. The van der Waals surface area contributed by atoms with Crippen molar-refractivity contribution >= 4 is 5.91 Å². The molecule has 0 fully saturated rings. The number of carbonyl (C=O) groups excluding carboxylic acids is 1. The third-order valence-corrected chi connectivity index (χ3v) is 2.81. The fraction of sp³-hybridized carbons (Fsp3) is 0.500. The second kappa shape index (κ2) is 5.96. The van der Waals surface area contributed by atoms with Crippen molar-refractivity contribution < 1.29 is 9.18 Å². The van der Waals surface area contributed by atoms with Gasteiger partial charge < -0.3 is 10.2 Å². The van der Waals surface area contributed by atoms with E-state index in [1.165, 1.54) is 12.1 Å². The fourth-order valence-corrected chi connectivity index (χ4v) is 1.98. The van der Waals surface area contributed by atoms with Crippen LogP contribution in [0.1, 0.15) is 26.3 Å². The summed E-state index contributed by atoms with van der Waals surface area (Å²) in [5, 5.41) is 3.13. The molecule has 0 bridgehead atoms. The molecule has 0 aliphatic heterocycles. The molecule has 0 atom stereocenters. The molecule has 3 nitrogen and oxygen atoms in total. The zero-order chi connectivity index (χ0) is 13.8. The van der Waals surface area contributed by atoms with Crippen LogP contribution in [0.2, 0.25) is 0 Å². The predicted octanol–water partition coefficient (Wildman–Crippen LogP) is 2.17. The number of likely N-dealkylation sites (N-methyl/N-ethyl adjacent to an activating group) is 2. The van der Waals surface area contributed by atoms with Gasteiger partial charge in [-0.3, -0.25) is 4.79 Å². The van der Waals surface area contributed by atoms with E-state index < -0.39 is 5.54 Å². The standard InChI is InChI=1S/C14H21FN2O/c1-5-16-14(2,3)13(18)17(4)10-11-7-6-8-12(15)9-11/h6-9,16H,5,10H2,1-4H3. The molecule has 0 aliphatic rings. The van der Waals surface area contributed by atoms with Crippen LogP contribution >= 0.6 is 0 Å². The predicted molar refractivity (Wildman–Crippen MR) is 70.6 cm³/mol. The monoisotopic (exact) mass is 252 g/mol. The number of benzene rings is 1. The van der Waals surface area contributed by atoms with Gasteiger partial charge >= 0.3 is 0 Å². The Balaban J connectivity index is 2.71. The lowest BCUT2D eigenvalue weighted by atomic mass is 10.0. The molecule has 1 amide bonds. The molecular formula is C14H21FN2O. The average molecular weight is 252 g/mol. The second-order valence-corrected chi connectivity index (χ2v) is 4.95. The number of halogens is 1. The van der Waals surface area contributed by atoms with Crippen LogP contribution in [0.3, 0.4) is 0 Å². The lowest BCUT2D eigenvalue weighted by Crippen LogP contribution is -2.52. The van der Waals surface area contributed by atoms with Gasteiger partial charge in [0.25, 0.3) is 0 Å². The summed E-state index contributed by atoms with van der Waals surface area (Å²) in [4.78, 5) is 13.8. The van der Waals surface area contributed by atoms with Crippen molar-refractivity contribution in [3.05, 3.63) is 35.6 Å². The van der Waals surface area contributed by atoms with E-state index in [0.717, 1.165) is 12.1 Å². The summed E-state index contributed by atoms with van der Waals surface area (Å²) < 4.78 is 13.1. The maximum absolute atomic E-state index is 13.1. The molecule has 0 aliphatic carbocycles. The molecule has 0 saturated carbocycles. The van der Waals surface area contributed by atoms with E-state index >= 15 is 0 Å². The third-order valence-electron chi connectivity index (χ3n) is 2.81. The number of nitrogens with zero attached hydrogens (tertiary/aromatic N) is 1. The highest BCUT2D eigenvalue weighted by atomic mass is 19.1. The molecule has 100 valence electrons. The third kappa shape index (κ3) is 3.81. The van der Waals surface area contributed by atoms with Crippen LogP contribution in [0.15, 0.2) is 24.3 Å². The summed E-state index contributed by atoms with van der Waals surface area (Å²) >= 11 is 0. The minimum atomic E-state index is -0.600. The van der Waals surface area contributed by atoms with Crippen molar-refractivity contribution in [1.29, 1.82) is 0 Å². The molecule has 4 heteroatoms. The van der Waals surface area contributed by atoms with E-state index in [1.807, 2.05) is 26.8 Å². The summed E-state index contributed by atoms with van der Waals surface area (Å²) in [6, 6.07) is 6.31. The molecule has 0 unspecified atom stereocenters. The van der Waals surface area contributed by atoms with Gasteiger partial charge in [-0.1, -0.05) is 19.1 Å². The summed E-state index contributed by atoms with van der Waals surface area (Å²) in [6.07, 6.45) is 0. The Bertz CT molecular complexity index is 418. The first-order valence-electron chi connectivity index (χ1n) is 6.12. The maximum Gasteiger partial charge on any atom is 0.242 e. The van der Waals surface area contributed by atoms with Crippen LogP contribution in [-0.2, 0) is 11.3 Å². The second-order valence-electron chi connectivity index (χ2n) is 4.95. The molecule has 1 aromatic rings. The molecule has 0 radical (unpaired) electrons. The highest BCUT2D eigenvalue weighted by Crippen LogP contribution is 2.11. The quantitative estimate of drug-likeness (QED) is 0.871. The van der Waals surface area contributed by atoms with Crippen molar-refractivity contribution in [3.8, 4) is 0 Å². The molecule has 0 spiro atoms. The Morgan fingerprint density at radius 1 is 1.44 bits per heavy atom. The Labute approximate surface area is 108 Å². The zero-order valence-electron chi connectivity index (χ0n) is 11.5. The van der Waals surface area contributed by atoms with Gasteiger partial charge in [-0.15, -0.1) is 0 Å². The molecular weight excluding hydrogens is 231 g/mol. The maximum atomic E-state index is 13.1. The van der Waals surface area contributed by atoms with Crippen molar-refractivity contribution in [2.45, 2.75) is 32.9 Å². The van der Waals surface area contributed by atoms with Crippen LogP contribution in [0.5, 0.6) is 0 Å². The van der Waals surface area contributed by atoms with E-state index in [4.69, 9.17) is 0 Å². The number of hydrogen-bond acceptors (Lipinski definition) is 2. The molecule has 0 aromatic heterocycles. The van der Waals surface area contributed by atoms with Gasteiger partial charge in [0.05, 0.1) is 5.54 Å². The minimum Gasteiger partial charge on any atom is -0.340 e. The van der Waals surface area contributed by atoms with Crippen LogP contribution in [0.4, 0.5) is 4.39 Å². The lowest BCUT2D eigenvalue weighted by Gasteiger charge is -2.30. The first kappa shape index (κ1) is 14.6. The zero-order valence-corrected chi connectivity index (χ0v) is 11.5. The van der Waals surface area contributed by atoms with Gasteiger partial charge in [-0.25, -0.2) is 4.39 Å². The van der Waals surface area contributed by atoms with Crippen molar-refractivity contribution in [2.75, 3.05) is 13.6 Å². The van der Waals surface area contributed by atoms with Gasteiger partial charge in [0, 0.05) is 13.6 Å². The van der Waals surface area contributed by atoms with Crippen LogP contribution in [-0.4, -0.2) is 29.9 Å². The van der Waals surface area contributed by atoms with Crippen molar-refractivity contribution in [2.24, 2.45) is 0 Å². The van der Waals surface area contributed by atoms with E-state index in [0.29, 0.717) is 6.54 Å². The van der Waals surface area contributed by atoms with Gasteiger partial charge in [-0.2, -0.15) is 0 Å². The van der Waals surface area contributed by atoms with E-state index in [1.54, 1.807) is 18.0 Å². The van der Waals surface area contributed by atoms with Gasteiger partial charge in [-0.05, 0) is 38.1 Å². The van der Waals surface area contributed by atoms with Crippen molar-refractivity contribution in [1.82, 2.24) is 10.2 Å². The minimum absolute atomic E-state index is 0.00592. The summed E-state index contributed by atoms with van der Waals surface area (Å²) in [6.45, 7) is 6.79. The number of carbonyl (C=O) groups is 1. The van der Waals surface area contributed by atoms with Gasteiger partial charge in [0.1, 0.15) is 5.82 Å². The normalized spacial score (nSPS) is 11.4. The topological polar surface area (TPSA) is 32.3 Å². The SMILES string of the molecule is CCNC(C)(C)C(=O)N(C)Cc1cccc(F)c1. The first-order chi connectivity index (χ1) is 8.36. The summed E-state index contributed by atoms with van der Waals surface area (Å²) in [5.41, 5.74) is 0.190. The average Bonchev–Trinajstić information content (AvgIpc) is 2.27. The van der Waals surface area contributed by atoms with Crippen LogP contribution in [0, 0.1) is 5.82 Å². The Morgan fingerprint density at radius 3 is 2.67 bits per heavy atom. The molecule has 1 rings (SSSR count). The van der Waals surface area contributed by atoms with Gasteiger partial charge in [0.15, 0.2) is 0 Å².